The summed E-state index contributed by atoms with van der Waals surface area (Å²) in [6, 6.07) is 16.5. The number of nitrogens with two attached hydrogens (primary N) is 1. The second-order valence-electron chi connectivity index (χ2n) is 6.65. The number of nitrogens with zero attached hydrogens (tertiary/aromatic N) is 3. The van der Waals surface area contributed by atoms with Gasteiger partial charge in [-0.2, -0.15) is 11.3 Å². The molecule has 5 aromatic rings. The summed E-state index contributed by atoms with van der Waals surface area (Å²) in [6.07, 6.45) is 2.59. The van der Waals surface area contributed by atoms with Crippen molar-refractivity contribution in [1.29, 1.82) is 0 Å². The van der Waals surface area contributed by atoms with Crippen molar-refractivity contribution in [1.82, 2.24) is 14.5 Å². The van der Waals surface area contributed by atoms with Gasteiger partial charge in [-0.25, -0.2) is 9.97 Å². The van der Waals surface area contributed by atoms with Crippen LogP contribution in [0.3, 0.4) is 0 Å². The van der Waals surface area contributed by atoms with Gasteiger partial charge in [0.15, 0.2) is 5.65 Å². The Morgan fingerprint density at radius 3 is 2.82 bits per heavy atom. The molecule has 3 heterocycles. The van der Waals surface area contributed by atoms with Gasteiger partial charge < -0.3 is 5.73 Å². The molecule has 0 atom stereocenters. The van der Waals surface area contributed by atoms with Gasteiger partial charge in [0.25, 0.3) is 0 Å². The Morgan fingerprint density at radius 1 is 1.11 bits per heavy atom. The zero-order chi connectivity index (χ0) is 19.1. The number of thiophene rings is 1. The summed E-state index contributed by atoms with van der Waals surface area (Å²) in [5.74, 6) is 0. The summed E-state index contributed by atoms with van der Waals surface area (Å²) in [7, 11) is 0. The minimum atomic E-state index is 0.602. The highest BCUT2D eigenvalue weighted by Crippen LogP contribution is 2.32. The van der Waals surface area contributed by atoms with Gasteiger partial charge >= 0.3 is 0 Å². The number of rotatable bonds is 4. The molecule has 0 amide bonds. The van der Waals surface area contributed by atoms with Gasteiger partial charge in [-0.15, -0.1) is 0 Å². The maximum Gasteiger partial charge on any atom is 0.178 e. The fraction of sp³-hybridized carbons (Fsp3) is 0.0909. The van der Waals surface area contributed by atoms with Crippen LogP contribution in [0.5, 0.6) is 0 Å². The van der Waals surface area contributed by atoms with E-state index in [1.54, 1.807) is 17.7 Å². The summed E-state index contributed by atoms with van der Waals surface area (Å²) in [5.41, 5.74) is 12.6. The molecule has 0 aliphatic rings. The highest BCUT2D eigenvalue weighted by molar-refractivity contribution is 7.08. The molecule has 0 unspecified atom stereocenters. The Labute approximate surface area is 171 Å². The van der Waals surface area contributed by atoms with E-state index in [1.165, 1.54) is 11.1 Å². The summed E-state index contributed by atoms with van der Waals surface area (Å²) in [6.45, 7) is 0.602. The Kier molecular flexibility index (Phi) is 4.36. The first-order valence-corrected chi connectivity index (χ1v) is 10.3. The third-order valence-electron chi connectivity index (χ3n) is 4.91. The van der Waals surface area contributed by atoms with Crippen LogP contribution in [0.25, 0.3) is 38.9 Å². The number of pyridine rings is 1. The average molecular weight is 405 g/mol. The van der Waals surface area contributed by atoms with Crippen LogP contribution < -0.4 is 5.73 Å². The van der Waals surface area contributed by atoms with E-state index < -0.39 is 0 Å². The van der Waals surface area contributed by atoms with Gasteiger partial charge in [0, 0.05) is 5.39 Å². The number of hydrogen-bond donors (Lipinski definition) is 1. The average Bonchev–Trinajstić information content (AvgIpc) is 3.36. The van der Waals surface area contributed by atoms with E-state index in [1.807, 2.05) is 28.8 Å². The molecule has 0 fully saturated rings. The van der Waals surface area contributed by atoms with Crippen LogP contribution in [0, 0.1) is 0 Å². The van der Waals surface area contributed by atoms with E-state index in [0.717, 1.165) is 34.1 Å². The molecule has 6 heteroatoms. The normalized spacial score (nSPS) is 11.5. The Morgan fingerprint density at radius 2 is 2.04 bits per heavy atom. The van der Waals surface area contributed by atoms with Crippen molar-refractivity contribution in [3.63, 3.8) is 0 Å². The van der Waals surface area contributed by atoms with Gasteiger partial charge in [0.05, 0.1) is 21.7 Å². The standard InChI is InChI=1S/C22H17ClN4S/c23-18-10-14(6-8-24)4-5-20(18)27-13-25-22-21(27)11-17-16(15-7-9-28-12-15)2-1-3-19(17)26-22/h1-5,7,9-13H,6,8,24H2. The van der Waals surface area contributed by atoms with Crippen molar-refractivity contribution in [2.45, 2.75) is 6.42 Å². The Hall–Kier alpha value is -2.73. The van der Waals surface area contributed by atoms with Crippen LogP contribution in [-0.2, 0) is 6.42 Å². The number of halogens is 1. The minimum Gasteiger partial charge on any atom is -0.330 e. The molecule has 4 nitrogen and oxygen atoms in total. The van der Waals surface area contributed by atoms with Crippen LogP contribution in [-0.4, -0.2) is 21.1 Å². The zero-order valence-corrected chi connectivity index (χ0v) is 16.5. The molecule has 2 aromatic carbocycles. The second kappa shape index (κ2) is 7.02. The number of hydrogen-bond acceptors (Lipinski definition) is 4. The van der Waals surface area contributed by atoms with Crippen molar-refractivity contribution in [2.75, 3.05) is 6.54 Å². The third-order valence-corrected chi connectivity index (χ3v) is 5.90. The van der Waals surface area contributed by atoms with Gasteiger partial charge in [-0.1, -0.05) is 29.8 Å². The number of fused-ring (bicyclic) bond motifs is 2. The van der Waals surface area contributed by atoms with Crippen LogP contribution in [0.15, 0.2) is 65.6 Å². The highest BCUT2D eigenvalue weighted by Gasteiger charge is 2.13. The van der Waals surface area contributed by atoms with Gasteiger partial charge in [-0.3, -0.25) is 4.57 Å². The topological polar surface area (TPSA) is 56.7 Å². The van der Waals surface area contributed by atoms with E-state index in [2.05, 4.69) is 40.0 Å². The molecule has 0 saturated carbocycles. The maximum absolute atomic E-state index is 6.58. The lowest BCUT2D eigenvalue weighted by Crippen LogP contribution is -2.03. The molecular weight excluding hydrogens is 388 g/mol. The molecule has 0 bridgehead atoms. The summed E-state index contributed by atoms with van der Waals surface area (Å²) in [5, 5.41) is 6.03. The maximum atomic E-state index is 6.58. The van der Waals surface area contributed by atoms with Crippen LogP contribution >= 0.6 is 22.9 Å². The van der Waals surface area contributed by atoms with E-state index in [9.17, 15) is 0 Å². The largest absolute Gasteiger partial charge is 0.330 e. The third kappa shape index (κ3) is 2.88. The molecule has 28 heavy (non-hydrogen) atoms. The van der Waals surface area contributed by atoms with Crippen molar-refractivity contribution in [3.8, 4) is 16.8 Å². The highest BCUT2D eigenvalue weighted by atomic mass is 35.5. The molecule has 0 radical (unpaired) electrons. The van der Waals surface area contributed by atoms with Gasteiger partial charge in [-0.05, 0) is 70.7 Å². The second-order valence-corrected chi connectivity index (χ2v) is 7.84. The van der Waals surface area contributed by atoms with Crippen molar-refractivity contribution in [3.05, 3.63) is 76.2 Å². The number of benzene rings is 2. The SMILES string of the molecule is NCCc1ccc(-n2cnc3nc4cccc(-c5ccsc5)c4cc32)c(Cl)c1. The smallest absolute Gasteiger partial charge is 0.178 e. The molecule has 3 aromatic heterocycles. The van der Waals surface area contributed by atoms with Crippen LogP contribution in [0.1, 0.15) is 5.56 Å². The number of imidazole rings is 1. The molecule has 0 aliphatic carbocycles. The van der Waals surface area contributed by atoms with Crippen molar-refractivity contribution in [2.24, 2.45) is 5.73 Å². The molecule has 0 spiro atoms. The van der Waals surface area contributed by atoms with Gasteiger partial charge in [0.2, 0.25) is 0 Å². The first-order chi connectivity index (χ1) is 13.7. The lowest BCUT2D eigenvalue weighted by molar-refractivity contribution is 0.966. The molecule has 0 saturated heterocycles. The molecule has 0 aliphatic heterocycles. The molecular formula is C22H17ClN4S. The summed E-state index contributed by atoms with van der Waals surface area (Å²) >= 11 is 8.27. The first-order valence-electron chi connectivity index (χ1n) is 9.03. The molecule has 2 N–H and O–H groups in total. The molecule has 5 rings (SSSR count). The van der Waals surface area contributed by atoms with E-state index in [-0.39, 0.29) is 0 Å². The van der Waals surface area contributed by atoms with Crippen LogP contribution in [0.2, 0.25) is 5.02 Å². The Bertz CT molecular complexity index is 1290. The zero-order valence-electron chi connectivity index (χ0n) is 15.0. The lowest BCUT2D eigenvalue weighted by atomic mass is 10.0. The van der Waals surface area contributed by atoms with E-state index in [4.69, 9.17) is 22.3 Å². The quantitative estimate of drug-likeness (QED) is 0.433. The predicted octanol–water partition coefficient (Wildman–Crippen LogP) is 5.46. The Balaban J connectivity index is 1.72. The van der Waals surface area contributed by atoms with Gasteiger partial charge in [0.1, 0.15) is 6.33 Å². The minimum absolute atomic E-state index is 0.602. The van der Waals surface area contributed by atoms with E-state index in [0.29, 0.717) is 17.2 Å². The fourth-order valence-corrected chi connectivity index (χ4v) is 4.50. The van der Waals surface area contributed by atoms with Crippen LogP contribution in [0.4, 0.5) is 0 Å². The summed E-state index contributed by atoms with van der Waals surface area (Å²) < 4.78 is 2.00. The predicted molar refractivity (Wildman–Crippen MR) is 117 cm³/mol. The first kappa shape index (κ1) is 17.4. The van der Waals surface area contributed by atoms with Crippen molar-refractivity contribution >= 4 is 45.0 Å². The monoisotopic (exact) mass is 404 g/mol. The summed E-state index contributed by atoms with van der Waals surface area (Å²) in [4.78, 5) is 9.30. The fourth-order valence-electron chi connectivity index (χ4n) is 3.55. The number of aromatic nitrogens is 3. The molecule has 138 valence electrons. The van der Waals surface area contributed by atoms with E-state index >= 15 is 0 Å². The lowest BCUT2D eigenvalue weighted by Gasteiger charge is -2.10. The van der Waals surface area contributed by atoms with Crippen molar-refractivity contribution < 1.29 is 0 Å².